The Kier molecular flexibility index (Phi) is 4.77. The van der Waals surface area contributed by atoms with Crippen molar-refractivity contribution in [2.24, 2.45) is 0 Å². The van der Waals surface area contributed by atoms with Crippen LogP contribution in [0.2, 0.25) is 0 Å². The van der Waals surface area contributed by atoms with Crippen molar-refractivity contribution in [3.05, 3.63) is 53.7 Å². The van der Waals surface area contributed by atoms with Crippen LogP contribution in [-0.2, 0) is 17.8 Å². The van der Waals surface area contributed by atoms with Gasteiger partial charge in [0, 0.05) is 16.6 Å². The predicted octanol–water partition coefficient (Wildman–Crippen LogP) is 2.90. The van der Waals surface area contributed by atoms with Crippen LogP contribution < -0.4 is 10.1 Å². The molecule has 0 aliphatic carbocycles. The van der Waals surface area contributed by atoms with Gasteiger partial charge in [-0.3, -0.25) is 4.79 Å². The highest BCUT2D eigenvalue weighted by Gasteiger charge is 2.13. The summed E-state index contributed by atoms with van der Waals surface area (Å²) in [7, 11) is 0. The number of carbonyl (C=O) groups excluding carboxylic acids is 1. The van der Waals surface area contributed by atoms with Crippen LogP contribution in [0, 0.1) is 0 Å². The highest BCUT2D eigenvalue weighted by molar-refractivity contribution is 5.94. The normalized spacial score (nSPS) is 10.8. The molecule has 0 aliphatic rings. The Morgan fingerprint density at radius 3 is 2.92 bits per heavy atom. The molecule has 6 heteroatoms. The SMILES string of the molecule is CCOc1ccc(NC(=O)Cc2noc3ccccc23)cc1CO. The summed E-state index contributed by atoms with van der Waals surface area (Å²) in [5.41, 5.74) is 2.47. The van der Waals surface area contributed by atoms with Gasteiger partial charge >= 0.3 is 0 Å². The van der Waals surface area contributed by atoms with Gasteiger partial charge in [-0.2, -0.15) is 0 Å². The lowest BCUT2D eigenvalue weighted by Crippen LogP contribution is -2.15. The number of hydrogen-bond donors (Lipinski definition) is 2. The van der Waals surface area contributed by atoms with Crippen molar-refractivity contribution in [3.8, 4) is 5.75 Å². The molecule has 1 amide bonds. The minimum atomic E-state index is -0.206. The highest BCUT2D eigenvalue weighted by Crippen LogP contribution is 2.23. The molecule has 0 unspecified atom stereocenters. The van der Waals surface area contributed by atoms with Crippen molar-refractivity contribution in [2.75, 3.05) is 11.9 Å². The maximum absolute atomic E-state index is 12.2. The van der Waals surface area contributed by atoms with Crippen LogP contribution in [0.3, 0.4) is 0 Å². The van der Waals surface area contributed by atoms with Crippen LogP contribution in [0.5, 0.6) is 5.75 Å². The maximum Gasteiger partial charge on any atom is 0.230 e. The number of anilines is 1. The van der Waals surface area contributed by atoms with Crippen LogP contribution in [0.4, 0.5) is 5.69 Å². The number of rotatable bonds is 6. The molecule has 2 N–H and O–H groups in total. The van der Waals surface area contributed by atoms with Crippen molar-refractivity contribution < 1.29 is 19.2 Å². The quantitative estimate of drug-likeness (QED) is 0.727. The molecule has 0 radical (unpaired) electrons. The van der Waals surface area contributed by atoms with E-state index in [4.69, 9.17) is 9.26 Å². The summed E-state index contributed by atoms with van der Waals surface area (Å²) < 4.78 is 10.6. The predicted molar refractivity (Wildman–Crippen MR) is 89.9 cm³/mol. The van der Waals surface area contributed by atoms with Gasteiger partial charge in [-0.25, -0.2) is 0 Å². The Morgan fingerprint density at radius 1 is 1.29 bits per heavy atom. The second-order valence-corrected chi connectivity index (χ2v) is 5.26. The summed E-state index contributed by atoms with van der Waals surface area (Å²) in [6, 6.07) is 12.6. The first kappa shape index (κ1) is 16.0. The molecule has 0 saturated carbocycles. The van der Waals surface area contributed by atoms with Crippen molar-refractivity contribution in [1.82, 2.24) is 5.16 Å². The van der Waals surface area contributed by atoms with Crippen LogP contribution in [-0.4, -0.2) is 22.8 Å². The Balaban J connectivity index is 1.73. The number of nitrogens with one attached hydrogen (secondary N) is 1. The molecule has 124 valence electrons. The van der Waals surface area contributed by atoms with Crippen molar-refractivity contribution in [1.29, 1.82) is 0 Å². The number of para-hydroxylation sites is 1. The third-order valence-corrected chi connectivity index (χ3v) is 3.59. The summed E-state index contributed by atoms with van der Waals surface area (Å²) in [6.45, 7) is 2.23. The van der Waals surface area contributed by atoms with E-state index < -0.39 is 0 Å². The Bertz CT molecular complexity index is 857. The average Bonchev–Trinajstić information content (AvgIpc) is 2.99. The third kappa shape index (κ3) is 3.38. The van der Waals surface area contributed by atoms with Crippen molar-refractivity contribution in [2.45, 2.75) is 20.0 Å². The Morgan fingerprint density at radius 2 is 2.12 bits per heavy atom. The third-order valence-electron chi connectivity index (χ3n) is 3.59. The summed E-state index contributed by atoms with van der Waals surface area (Å²) in [5, 5.41) is 17.0. The molecule has 0 aliphatic heterocycles. The molecule has 2 aromatic carbocycles. The number of benzene rings is 2. The lowest BCUT2D eigenvalue weighted by Gasteiger charge is -2.11. The Hall–Kier alpha value is -2.86. The number of hydrogen-bond acceptors (Lipinski definition) is 5. The number of nitrogens with zero attached hydrogens (tertiary/aromatic N) is 1. The van der Waals surface area contributed by atoms with E-state index in [2.05, 4.69) is 10.5 Å². The van der Waals surface area contributed by atoms with Gasteiger partial charge in [-0.15, -0.1) is 0 Å². The second kappa shape index (κ2) is 7.14. The standard InChI is InChI=1S/C18H18N2O4/c1-2-23-16-8-7-13(9-12(16)11-21)19-18(22)10-15-14-5-3-4-6-17(14)24-20-15/h3-9,21H,2,10-11H2,1H3,(H,19,22). The molecule has 0 bridgehead atoms. The zero-order valence-electron chi connectivity index (χ0n) is 13.3. The number of aliphatic hydroxyl groups excluding tert-OH is 1. The minimum Gasteiger partial charge on any atom is -0.494 e. The fraction of sp³-hybridized carbons (Fsp3) is 0.222. The van der Waals surface area contributed by atoms with Gasteiger partial charge in [0.25, 0.3) is 0 Å². The summed E-state index contributed by atoms with van der Waals surface area (Å²) >= 11 is 0. The number of fused-ring (bicyclic) bond motifs is 1. The van der Waals surface area contributed by atoms with E-state index >= 15 is 0 Å². The van der Waals surface area contributed by atoms with Gasteiger partial charge in [0.15, 0.2) is 5.58 Å². The van der Waals surface area contributed by atoms with E-state index in [1.807, 2.05) is 31.2 Å². The summed E-state index contributed by atoms with van der Waals surface area (Å²) in [4.78, 5) is 12.2. The zero-order valence-corrected chi connectivity index (χ0v) is 13.3. The first-order chi connectivity index (χ1) is 11.7. The lowest BCUT2D eigenvalue weighted by molar-refractivity contribution is -0.115. The van der Waals surface area contributed by atoms with E-state index in [1.165, 1.54) is 0 Å². The molecule has 3 aromatic rings. The molecule has 6 nitrogen and oxygen atoms in total. The first-order valence-electron chi connectivity index (χ1n) is 7.71. The molecule has 0 atom stereocenters. The van der Waals surface area contributed by atoms with Gasteiger partial charge in [-0.1, -0.05) is 17.3 Å². The van der Waals surface area contributed by atoms with Crippen LogP contribution in [0.1, 0.15) is 18.2 Å². The topological polar surface area (TPSA) is 84.6 Å². The largest absolute Gasteiger partial charge is 0.494 e. The van der Waals surface area contributed by atoms with Gasteiger partial charge < -0.3 is 19.7 Å². The van der Waals surface area contributed by atoms with E-state index in [9.17, 15) is 9.90 Å². The summed E-state index contributed by atoms with van der Waals surface area (Å²) in [6.07, 6.45) is 0.110. The molecule has 0 saturated heterocycles. The Labute approximate surface area is 139 Å². The monoisotopic (exact) mass is 326 g/mol. The van der Waals surface area contributed by atoms with Gasteiger partial charge in [0.05, 0.1) is 19.6 Å². The fourth-order valence-electron chi connectivity index (χ4n) is 2.50. The fourth-order valence-corrected chi connectivity index (χ4v) is 2.50. The van der Waals surface area contributed by atoms with Crippen LogP contribution in [0.15, 0.2) is 47.0 Å². The number of amides is 1. The number of aliphatic hydroxyl groups is 1. The number of aromatic nitrogens is 1. The molecular formula is C18H18N2O4. The second-order valence-electron chi connectivity index (χ2n) is 5.26. The smallest absolute Gasteiger partial charge is 0.230 e. The van der Waals surface area contributed by atoms with Crippen molar-refractivity contribution >= 4 is 22.6 Å². The van der Waals surface area contributed by atoms with Crippen LogP contribution in [0.25, 0.3) is 11.0 Å². The van der Waals surface area contributed by atoms with Gasteiger partial charge in [0.2, 0.25) is 5.91 Å². The molecule has 1 aromatic heterocycles. The lowest BCUT2D eigenvalue weighted by atomic mass is 10.1. The molecule has 3 rings (SSSR count). The van der Waals surface area contributed by atoms with E-state index in [-0.39, 0.29) is 18.9 Å². The summed E-state index contributed by atoms with van der Waals surface area (Å²) in [5.74, 6) is 0.405. The van der Waals surface area contributed by atoms with E-state index in [0.717, 1.165) is 5.39 Å². The van der Waals surface area contributed by atoms with Gasteiger partial charge in [0.1, 0.15) is 11.4 Å². The van der Waals surface area contributed by atoms with Crippen molar-refractivity contribution in [3.63, 3.8) is 0 Å². The van der Waals surface area contributed by atoms with Crippen LogP contribution >= 0.6 is 0 Å². The minimum absolute atomic E-state index is 0.110. The number of carbonyl (C=O) groups is 1. The number of ether oxygens (including phenoxy) is 1. The molecule has 0 fully saturated rings. The molecule has 0 spiro atoms. The molecule has 24 heavy (non-hydrogen) atoms. The molecule has 1 heterocycles. The van der Waals surface area contributed by atoms with E-state index in [1.54, 1.807) is 18.2 Å². The van der Waals surface area contributed by atoms with Gasteiger partial charge in [-0.05, 0) is 37.3 Å². The average molecular weight is 326 g/mol. The first-order valence-corrected chi connectivity index (χ1v) is 7.71. The maximum atomic E-state index is 12.2. The molecular weight excluding hydrogens is 308 g/mol. The van der Waals surface area contributed by atoms with E-state index in [0.29, 0.717) is 34.9 Å². The zero-order chi connectivity index (χ0) is 16.9. The highest BCUT2D eigenvalue weighted by atomic mass is 16.5.